The maximum absolute atomic E-state index is 13.0. The summed E-state index contributed by atoms with van der Waals surface area (Å²) in [5, 5.41) is 7.71. The maximum Gasteiger partial charge on any atom is 0.271 e. The number of anilines is 3. The van der Waals surface area contributed by atoms with Crippen LogP contribution in [-0.4, -0.2) is 20.0 Å². The second kappa shape index (κ2) is 10.4. The summed E-state index contributed by atoms with van der Waals surface area (Å²) in [4.78, 5) is 15.1. The van der Waals surface area contributed by atoms with Crippen molar-refractivity contribution in [3.8, 4) is 0 Å². The number of aryl methyl sites for hydroxylation is 2. The molecule has 0 radical (unpaired) electrons. The first kappa shape index (κ1) is 25.6. The number of hydrogen-bond donors (Lipinski definition) is 3. The number of benzene rings is 4. The van der Waals surface area contributed by atoms with E-state index in [1.54, 1.807) is 30.8 Å². The van der Waals surface area contributed by atoms with Gasteiger partial charge in [0.15, 0.2) is 0 Å². The first-order chi connectivity index (χ1) is 18.2. The highest BCUT2D eigenvalue weighted by atomic mass is 32.2. The van der Waals surface area contributed by atoms with E-state index < -0.39 is 15.9 Å². The van der Waals surface area contributed by atoms with E-state index >= 15 is 0 Å². The summed E-state index contributed by atoms with van der Waals surface area (Å²) in [6.07, 6.45) is 0. The molecule has 4 aromatic rings. The normalized spacial score (nSPS) is 12.7. The van der Waals surface area contributed by atoms with E-state index in [0.717, 1.165) is 33.0 Å². The zero-order valence-electron chi connectivity index (χ0n) is 21.1. The standard InChI is InChI=1S/C29H26N4O3S2/c1-18-11-13-24(19(2)15-18)33-38(35,36)23-8-6-7-22(16-23)29(34)32-31-20(3)21-12-14-28-26(17-21)30-25-9-4-5-10-27(25)37-28/h4-17,30,33H,1-3H3,(H,32,34)/b31-20-. The number of rotatable bonds is 6. The van der Waals surface area contributed by atoms with Crippen molar-refractivity contribution in [3.63, 3.8) is 0 Å². The van der Waals surface area contributed by atoms with E-state index in [4.69, 9.17) is 0 Å². The molecule has 1 aliphatic rings. The van der Waals surface area contributed by atoms with Crippen LogP contribution < -0.4 is 15.5 Å². The van der Waals surface area contributed by atoms with Crippen LogP contribution in [0.15, 0.2) is 105 Å². The van der Waals surface area contributed by atoms with Gasteiger partial charge in [0, 0.05) is 15.4 Å². The molecule has 0 saturated heterocycles. The van der Waals surface area contributed by atoms with Crippen LogP contribution in [0.1, 0.15) is 34.0 Å². The van der Waals surface area contributed by atoms with Gasteiger partial charge in [-0.15, -0.1) is 0 Å². The van der Waals surface area contributed by atoms with Gasteiger partial charge in [-0.2, -0.15) is 5.10 Å². The van der Waals surface area contributed by atoms with E-state index in [-0.39, 0.29) is 10.5 Å². The number of hydrogen-bond acceptors (Lipinski definition) is 6. The Morgan fingerprint density at radius 1 is 0.842 bits per heavy atom. The van der Waals surface area contributed by atoms with Crippen molar-refractivity contribution >= 4 is 50.5 Å². The molecule has 0 fully saturated rings. The zero-order valence-corrected chi connectivity index (χ0v) is 22.7. The van der Waals surface area contributed by atoms with E-state index in [1.165, 1.54) is 23.1 Å². The topological polar surface area (TPSA) is 99.7 Å². The van der Waals surface area contributed by atoms with E-state index in [0.29, 0.717) is 11.4 Å². The number of nitrogens with zero attached hydrogens (tertiary/aromatic N) is 1. The van der Waals surface area contributed by atoms with Crippen molar-refractivity contribution < 1.29 is 13.2 Å². The number of para-hydroxylation sites is 1. The van der Waals surface area contributed by atoms with E-state index in [2.05, 4.69) is 26.6 Å². The summed E-state index contributed by atoms with van der Waals surface area (Å²) < 4.78 is 28.6. The summed E-state index contributed by atoms with van der Waals surface area (Å²) in [6.45, 7) is 5.59. The number of fused-ring (bicyclic) bond motifs is 2. The fourth-order valence-corrected chi connectivity index (χ4v) is 6.21. The number of sulfonamides is 1. The molecule has 5 rings (SSSR count). The Bertz CT molecular complexity index is 1700. The first-order valence-electron chi connectivity index (χ1n) is 11.9. The molecule has 192 valence electrons. The Labute approximate surface area is 226 Å². The van der Waals surface area contributed by atoms with Gasteiger partial charge in [0.2, 0.25) is 0 Å². The summed E-state index contributed by atoms with van der Waals surface area (Å²) in [5.74, 6) is -0.506. The average molecular weight is 543 g/mol. The SMILES string of the molecule is C/C(=N/NC(=O)c1cccc(S(=O)(=O)Nc2ccc(C)cc2C)c1)c1ccc2c(c1)Nc1ccccc1S2. The molecule has 7 nitrogen and oxygen atoms in total. The second-order valence-corrected chi connectivity index (χ2v) is 11.8. The van der Waals surface area contributed by atoms with Crippen LogP contribution >= 0.6 is 11.8 Å². The van der Waals surface area contributed by atoms with Crippen molar-refractivity contribution in [2.75, 3.05) is 10.0 Å². The van der Waals surface area contributed by atoms with Gasteiger partial charge in [0.1, 0.15) is 0 Å². The minimum atomic E-state index is -3.88. The van der Waals surface area contributed by atoms with Crippen molar-refractivity contribution in [2.24, 2.45) is 5.10 Å². The highest BCUT2D eigenvalue weighted by molar-refractivity contribution is 7.99. The Morgan fingerprint density at radius 3 is 2.45 bits per heavy atom. The van der Waals surface area contributed by atoms with E-state index in [9.17, 15) is 13.2 Å². The van der Waals surface area contributed by atoms with Crippen LogP contribution in [0, 0.1) is 13.8 Å². The average Bonchev–Trinajstić information content (AvgIpc) is 2.91. The monoisotopic (exact) mass is 542 g/mol. The lowest BCUT2D eigenvalue weighted by molar-refractivity contribution is 0.0954. The van der Waals surface area contributed by atoms with Crippen molar-refractivity contribution in [3.05, 3.63) is 107 Å². The minimum absolute atomic E-state index is 0.00984. The molecular formula is C29H26N4O3S2. The van der Waals surface area contributed by atoms with Crippen LogP contribution in [0.4, 0.5) is 17.1 Å². The number of carbonyl (C=O) groups excluding carboxylic acids is 1. The zero-order chi connectivity index (χ0) is 26.9. The molecule has 0 unspecified atom stereocenters. The second-order valence-electron chi connectivity index (χ2n) is 9.02. The maximum atomic E-state index is 13.0. The lowest BCUT2D eigenvalue weighted by Crippen LogP contribution is -2.20. The van der Waals surface area contributed by atoms with Crippen molar-refractivity contribution in [2.45, 2.75) is 35.5 Å². The fraction of sp³-hybridized carbons (Fsp3) is 0.103. The van der Waals surface area contributed by atoms with Gasteiger partial charge < -0.3 is 5.32 Å². The summed E-state index contributed by atoms with van der Waals surface area (Å²) in [6, 6.07) is 25.4. The van der Waals surface area contributed by atoms with Gasteiger partial charge in [-0.1, -0.05) is 53.7 Å². The van der Waals surface area contributed by atoms with Crippen LogP contribution in [0.2, 0.25) is 0 Å². The molecule has 1 heterocycles. The molecule has 0 aromatic heterocycles. The number of hydrazone groups is 1. The molecule has 0 spiro atoms. The number of carbonyl (C=O) groups is 1. The fourth-order valence-electron chi connectivity index (χ4n) is 4.06. The van der Waals surface area contributed by atoms with Crippen LogP contribution in [0.25, 0.3) is 0 Å². The van der Waals surface area contributed by atoms with Crippen LogP contribution in [-0.2, 0) is 10.0 Å². The minimum Gasteiger partial charge on any atom is -0.354 e. The first-order valence-corrected chi connectivity index (χ1v) is 14.2. The Kier molecular flexibility index (Phi) is 6.96. The van der Waals surface area contributed by atoms with Gasteiger partial charge in [0.25, 0.3) is 15.9 Å². The Morgan fingerprint density at radius 2 is 1.63 bits per heavy atom. The highest BCUT2D eigenvalue weighted by Crippen LogP contribution is 2.44. The molecule has 0 saturated carbocycles. The molecule has 0 aliphatic carbocycles. The van der Waals surface area contributed by atoms with Gasteiger partial charge in [0.05, 0.1) is 27.7 Å². The smallest absolute Gasteiger partial charge is 0.271 e. The van der Waals surface area contributed by atoms with Gasteiger partial charge >= 0.3 is 0 Å². The molecule has 4 aromatic carbocycles. The van der Waals surface area contributed by atoms with Gasteiger partial charge in [-0.05, 0) is 80.4 Å². The molecule has 38 heavy (non-hydrogen) atoms. The predicted molar refractivity (Wildman–Crippen MR) is 153 cm³/mol. The molecule has 3 N–H and O–H groups in total. The summed E-state index contributed by atoms with van der Waals surface area (Å²) in [7, 11) is -3.88. The molecule has 0 bridgehead atoms. The summed E-state index contributed by atoms with van der Waals surface area (Å²) in [5.41, 5.74) is 8.56. The third kappa shape index (κ3) is 5.44. The Hall–Kier alpha value is -4.08. The van der Waals surface area contributed by atoms with E-state index in [1.807, 2.05) is 62.4 Å². The highest BCUT2D eigenvalue weighted by Gasteiger charge is 2.18. The summed E-state index contributed by atoms with van der Waals surface area (Å²) >= 11 is 1.70. The molecule has 1 aliphatic heterocycles. The number of amides is 1. The molecule has 9 heteroatoms. The quantitative estimate of drug-likeness (QED) is 0.169. The molecular weight excluding hydrogens is 516 g/mol. The third-order valence-corrected chi connectivity index (χ3v) is 8.65. The lowest BCUT2D eigenvalue weighted by Gasteiger charge is -2.21. The largest absolute Gasteiger partial charge is 0.354 e. The number of nitrogens with one attached hydrogen (secondary N) is 3. The third-order valence-electron chi connectivity index (χ3n) is 6.13. The lowest BCUT2D eigenvalue weighted by atomic mass is 10.1. The predicted octanol–water partition coefficient (Wildman–Crippen LogP) is 6.47. The van der Waals surface area contributed by atoms with Gasteiger partial charge in [-0.25, -0.2) is 13.8 Å². The van der Waals surface area contributed by atoms with Crippen LogP contribution in [0.3, 0.4) is 0 Å². The van der Waals surface area contributed by atoms with Crippen molar-refractivity contribution in [1.29, 1.82) is 0 Å². The molecule has 0 atom stereocenters. The van der Waals surface area contributed by atoms with Crippen LogP contribution in [0.5, 0.6) is 0 Å². The Balaban J connectivity index is 1.30. The van der Waals surface area contributed by atoms with Crippen molar-refractivity contribution in [1.82, 2.24) is 5.43 Å². The molecule has 1 amide bonds. The van der Waals surface area contributed by atoms with Gasteiger partial charge in [-0.3, -0.25) is 9.52 Å².